The monoisotopic (exact) mass is 296 g/mol. The third kappa shape index (κ3) is 4.58. The van der Waals surface area contributed by atoms with Crippen LogP contribution in [-0.4, -0.2) is 31.7 Å². The molecule has 1 aromatic rings. The summed E-state index contributed by atoms with van der Waals surface area (Å²) < 4.78 is 4.81. The van der Waals surface area contributed by atoms with Crippen LogP contribution < -0.4 is 10.6 Å². The van der Waals surface area contributed by atoms with Crippen molar-refractivity contribution in [2.75, 3.05) is 13.7 Å². The van der Waals surface area contributed by atoms with Gasteiger partial charge in [-0.05, 0) is 44.2 Å². The Morgan fingerprint density at radius 3 is 3.10 bits per heavy atom. The minimum Gasteiger partial charge on any atom is -0.469 e. The van der Waals surface area contributed by atoms with Gasteiger partial charge in [0.05, 0.1) is 19.6 Å². The molecule has 0 radical (unpaired) electrons. The Morgan fingerprint density at radius 2 is 2.50 bits per heavy atom. The first-order valence-corrected chi connectivity index (χ1v) is 8.16. The van der Waals surface area contributed by atoms with Gasteiger partial charge in [-0.3, -0.25) is 4.79 Å². The lowest BCUT2D eigenvalue weighted by Gasteiger charge is -2.24. The molecule has 0 saturated carbocycles. The van der Waals surface area contributed by atoms with Gasteiger partial charge in [0.2, 0.25) is 0 Å². The van der Waals surface area contributed by atoms with E-state index < -0.39 is 0 Å². The quantitative estimate of drug-likeness (QED) is 0.759. The Morgan fingerprint density at radius 1 is 1.65 bits per heavy atom. The van der Waals surface area contributed by atoms with Crippen molar-refractivity contribution in [2.24, 2.45) is 0 Å². The number of carbonyl (C=O) groups is 1. The van der Waals surface area contributed by atoms with Gasteiger partial charge in [-0.1, -0.05) is 6.07 Å². The summed E-state index contributed by atoms with van der Waals surface area (Å²) in [7, 11) is 1.44. The van der Waals surface area contributed by atoms with Crippen LogP contribution in [0.15, 0.2) is 17.5 Å². The van der Waals surface area contributed by atoms with E-state index in [-0.39, 0.29) is 12.0 Å². The zero-order chi connectivity index (χ0) is 14.4. The minimum absolute atomic E-state index is 0.0545. The number of esters is 1. The summed E-state index contributed by atoms with van der Waals surface area (Å²) in [6.45, 7) is 3.33. The summed E-state index contributed by atoms with van der Waals surface area (Å²) in [6, 6.07) is 5.14. The third-order valence-corrected chi connectivity index (χ3v) is 4.76. The Kier molecular flexibility index (Phi) is 6.01. The molecule has 2 heterocycles. The molecule has 20 heavy (non-hydrogen) atoms. The lowest BCUT2D eigenvalue weighted by Crippen LogP contribution is -2.36. The van der Waals surface area contributed by atoms with Crippen LogP contribution in [0.1, 0.15) is 43.5 Å². The van der Waals surface area contributed by atoms with E-state index in [0.29, 0.717) is 18.5 Å². The predicted octanol–water partition coefficient (Wildman–Crippen LogP) is 2.47. The molecule has 0 aromatic carbocycles. The maximum absolute atomic E-state index is 11.6. The van der Waals surface area contributed by atoms with Gasteiger partial charge in [0.1, 0.15) is 0 Å². The molecule has 0 spiro atoms. The maximum atomic E-state index is 11.6. The van der Waals surface area contributed by atoms with Crippen LogP contribution in [0, 0.1) is 0 Å². The first kappa shape index (κ1) is 15.5. The van der Waals surface area contributed by atoms with E-state index in [2.05, 4.69) is 23.6 Å². The molecule has 1 aromatic heterocycles. The first-order chi connectivity index (χ1) is 9.69. The van der Waals surface area contributed by atoms with Crippen molar-refractivity contribution in [2.45, 2.75) is 50.7 Å². The Labute approximate surface area is 124 Å². The minimum atomic E-state index is -0.165. The van der Waals surface area contributed by atoms with Gasteiger partial charge in [-0.25, -0.2) is 0 Å². The molecule has 4 nitrogen and oxygen atoms in total. The van der Waals surface area contributed by atoms with Crippen LogP contribution >= 0.6 is 11.3 Å². The van der Waals surface area contributed by atoms with Crippen LogP contribution in [0.3, 0.4) is 0 Å². The van der Waals surface area contributed by atoms with E-state index in [1.54, 1.807) is 11.3 Å². The summed E-state index contributed by atoms with van der Waals surface area (Å²) in [6.07, 6.45) is 4.02. The average molecular weight is 296 g/mol. The number of hydrogen-bond donors (Lipinski definition) is 2. The number of nitrogens with one attached hydrogen (secondary N) is 2. The summed E-state index contributed by atoms with van der Waals surface area (Å²) >= 11 is 1.68. The van der Waals surface area contributed by atoms with Gasteiger partial charge in [0.15, 0.2) is 0 Å². The zero-order valence-electron chi connectivity index (χ0n) is 12.2. The van der Waals surface area contributed by atoms with Crippen molar-refractivity contribution >= 4 is 17.3 Å². The van der Waals surface area contributed by atoms with Gasteiger partial charge in [0.25, 0.3) is 0 Å². The van der Waals surface area contributed by atoms with E-state index in [4.69, 9.17) is 4.74 Å². The summed E-state index contributed by atoms with van der Waals surface area (Å²) in [4.78, 5) is 12.8. The van der Waals surface area contributed by atoms with Gasteiger partial charge in [0, 0.05) is 17.0 Å². The molecule has 2 rings (SSSR count). The molecule has 5 heteroatoms. The van der Waals surface area contributed by atoms with Crippen molar-refractivity contribution in [1.82, 2.24) is 10.6 Å². The zero-order valence-corrected chi connectivity index (χ0v) is 13.0. The van der Waals surface area contributed by atoms with E-state index in [0.717, 1.165) is 13.0 Å². The number of ether oxygens (including phenoxy) is 1. The average Bonchev–Trinajstić information content (AvgIpc) is 3.10. The fraction of sp³-hybridized carbons (Fsp3) is 0.667. The van der Waals surface area contributed by atoms with Crippen molar-refractivity contribution in [1.29, 1.82) is 0 Å². The topological polar surface area (TPSA) is 50.4 Å². The van der Waals surface area contributed by atoms with Crippen LogP contribution in [0.25, 0.3) is 0 Å². The first-order valence-electron chi connectivity index (χ1n) is 7.28. The molecular formula is C15H24N2O2S. The van der Waals surface area contributed by atoms with Crippen LogP contribution in [0.5, 0.6) is 0 Å². The molecule has 0 bridgehead atoms. The molecular weight excluding hydrogens is 272 g/mol. The van der Waals surface area contributed by atoms with E-state index in [9.17, 15) is 4.79 Å². The van der Waals surface area contributed by atoms with Crippen LogP contribution in [0.2, 0.25) is 0 Å². The number of rotatable bonds is 7. The Balaban J connectivity index is 1.90. The number of hydrogen-bond acceptors (Lipinski definition) is 5. The highest BCUT2D eigenvalue weighted by Crippen LogP contribution is 2.24. The van der Waals surface area contributed by atoms with Crippen LogP contribution in [-0.2, 0) is 9.53 Å². The molecule has 0 aliphatic carbocycles. The van der Waals surface area contributed by atoms with Gasteiger partial charge in [-0.2, -0.15) is 0 Å². The maximum Gasteiger partial charge on any atom is 0.307 e. The lowest BCUT2D eigenvalue weighted by molar-refractivity contribution is -0.141. The molecule has 1 aliphatic rings. The molecule has 2 N–H and O–H groups in total. The standard InChI is InChI=1S/C15H24N2O2S/c1-11(9-12-5-3-7-16-12)17-13(10-15(18)19-2)14-6-4-8-20-14/h4,6,8,11-13,16-17H,3,5,7,9-10H2,1-2H3. The highest BCUT2D eigenvalue weighted by atomic mass is 32.1. The fourth-order valence-electron chi connectivity index (χ4n) is 2.78. The molecule has 112 valence electrons. The van der Waals surface area contributed by atoms with E-state index in [1.807, 2.05) is 11.4 Å². The fourth-order valence-corrected chi connectivity index (χ4v) is 3.56. The highest BCUT2D eigenvalue weighted by molar-refractivity contribution is 7.10. The predicted molar refractivity (Wildman–Crippen MR) is 81.9 cm³/mol. The SMILES string of the molecule is COC(=O)CC(NC(C)CC1CCCN1)c1cccs1. The van der Waals surface area contributed by atoms with Gasteiger partial charge >= 0.3 is 5.97 Å². The van der Waals surface area contributed by atoms with E-state index >= 15 is 0 Å². The number of carbonyl (C=O) groups excluding carboxylic acids is 1. The second-order valence-electron chi connectivity index (χ2n) is 5.44. The second-order valence-corrected chi connectivity index (χ2v) is 6.42. The summed E-state index contributed by atoms with van der Waals surface area (Å²) in [5.41, 5.74) is 0. The third-order valence-electron chi connectivity index (χ3n) is 3.77. The molecule has 1 fully saturated rings. The molecule has 1 aliphatic heterocycles. The number of thiophene rings is 1. The van der Waals surface area contributed by atoms with Gasteiger partial charge in [-0.15, -0.1) is 11.3 Å². The largest absolute Gasteiger partial charge is 0.469 e. The van der Waals surface area contributed by atoms with Crippen molar-refractivity contribution in [3.8, 4) is 0 Å². The molecule has 3 atom stereocenters. The van der Waals surface area contributed by atoms with Crippen molar-refractivity contribution in [3.63, 3.8) is 0 Å². The molecule has 3 unspecified atom stereocenters. The summed E-state index contributed by atoms with van der Waals surface area (Å²) in [5, 5.41) is 9.15. The molecule has 0 amide bonds. The van der Waals surface area contributed by atoms with E-state index in [1.165, 1.54) is 24.8 Å². The Hall–Kier alpha value is -0.910. The Bertz CT molecular complexity index is 402. The highest BCUT2D eigenvalue weighted by Gasteiger charge is 2.22. The van der Waals surface area contributed by atoms with Crippen LogP contribution in [0.4, 0.5) is 0 Å². The normalized spacial score (nSPS) is 21.6. The number of methoxy groups -OCH3 is 1. The second kappa shape index (κ2) is 7.76. The van der Waals surface area contributed by atoms with Crippen molar-refractivity contribution < 1.29 is 9.53 Å². The lowest BCUT2D eigenvalue weighted by atomic mass is 10.0. The van der Waals surface area contributed by atoms with Crippen molar-refractivity contribution in [3.05, 3.63) is 22.4 Å². The smallest absolute Gasteiger partial charge is 0.307 e. The summed E-state index contributed by atoms with van der Waals surface area (Å²) in [5.74, 6) is -0.165. The van der Waals surface area contributed by atoms with Gasteiger partial charge < -0.3 is 15.4 Å². The molecule has 1 saturated heterocycles.